The van der Waals surface area contributed by atoms with Gasteiger partial charge in [0.2, 0.25) is 0 Å². The van der Waals surface area contributed by atoms with Gasteiger partial charge in [-0.2, -0.15) is 4.99 Å². The Bertz CT molecular complexity index is 1130. The van der Waals surface area contributed by atoms with Crippen molar-refractivity contribution in [3.63, 3.8) is 0 Å². The molecule has 0 atom stereocenters. The fourth-order valence-corrected chi connectivity index (χ4v) is 3.46. The number of guanidine groups is 1. The summed E-state index contributed by atoms with van der Waals surface area (Å²) >= 11 is 6.01. The van der Waals surface area contributed by atoms with E-state index in [1.165, 1.54) is 0 Å². The predicted molar refractivity (Wildman–Crippen MR) is 121 cm³/mol. The van der Waals surface area contributed by atoms with E-state index >= 15 is 0 Å². The van der Waals surface area contributed by atoms with Crippen LogP contribution in [0, 0.1) is 0 Å². The van der Waals surface area contributed by atoms with E-state index in [-0.39, 0.29) is 12.0 Å². The van der Waals surface area contributed by atoms with Gasteiger partial charge in [0.25, 0.3) is 0 Å². The maximum Gasteiger partial charge on any atom is 0.192 e. The Morgan fingerprint density at radius 3 is 2.57 bits per heavy atom. The van der Waals surface area contributed by atoms with E-state index in [1.54, 1.807) is 0 Å². The minimum absolute atomic E-state index is 0.0298. The molecular formula is C22H23ClN6O. The average molecular weight is 423 g/mol. The molecule has 0 bridgehead atoms. The van der Waals surface area contributed by atoms with Gasteiger partial charge < -0.3 is 20.8 Å². The number of aromatic nitrogens is 2. The topological polar surface area (TPSA) is 104 Å². The minimum atomic E-state index is -0.0473. The molecule has 4 N–H and O–H groups in total. The molecule has 2 aromatic carbocycles. The van der Waals surface area contributed by atoms with Gasteiger partial charge in [-0.25, -0.2) is 4.98 Å². The third-order valence-corrected chi connectivity index (χ3v) is 4.86. The SMILES string of the molecule is CC(C)N=C(N=C(N)N)c1cn2c(n1)-c1ccc(-c3ccc(Cl)cc3)cc1OCC2. The fourth-order valence-electron chi connectivity index (χ4n) is 3.33. The molecule has 154 valence electrons. The van der Waals surface area contributed by atoms with Crippen LogP contribution in [0.15, 0.2) is 58.6 Å². The van der Waals surface area contributed by atoms with Crippen LogP contribution in [0.25, 0.3) is 22.5 Å². The summed E-state index contributed by atoms with van der Waals surface area (Å²) in [5.74, 6) is 1.95. The van der Waals surface area contributed by atoms with Crippen LogP contribution >= 0.6 is 11.6 Å². The number of aliphatic imine (C=N–C) groups is 2. The van der Waals surface area contributed by atoms with E-state index in [0.29, 0.717) is 29.7 Å². The summed E-state index contributed by atoms with van der Waals surface area (Å²) in [4.78, 5) is 13.5. The molecule has 4 rings (SSSR count). The van der Waals surface area contributed by atoms with E-state index in [9.17, 15) is 0 Å². The maximum absolute atomic E-state index is 6.02. The summed E-state index contributed by atoms with van der Waals surface area (Å²) in [6.45, 7) is 5.11. The lowest BCUT2D eigenvalue weighted by atomic mass is 10.0. The Morgan fingerprint density at radius 1 is 1.13 bits per heavy atom. The highest BCUT2D eigenvalue weighted by atomic mass is 35.5. The summed E-state index contributed by atoms with van der Waals surface area (Å²) in [7, 11) is 0. The Morgan fingerprint density at radius 2 is 1.87 bits per heavy atom. The number of hydrogen-bond donors (Lipinski definition) is 2. The first-order chi connectivity index (χ1) is 14.4. The molecule has 0 fully saturated rings. The molecule has 0 amide bonds. The lowest BCUT2D eigenvalue weighted by molar-refractivity contribution is 0.307. The smallest absolute Gasteiger partial charge is 0.192 e. The highest BCUT2D eigenvalue weighted by molar-refractivity contribution is 6.30. The van der Waals surface area contributed by atoms with Gasteiger partial charge in [0.15, 0.2) is 11.8 Å². The van der Waals surface area contributed by atoms with Gasteiger partial charge in [0.05, 0.1) is 12.1 Å². The molecule has 1 aliphatic heterocycles. The van der Waals surface area contributed by atoms with Crippen LogP contribution in [0.2, 0.25) is 5.02 Å². The van der Waals surface area contributed by atoms with Crippen LogP contribution in [-0.4, -0.2) is 34.0 Å². The van der Waals surface area contributed by atoms with Crippen molar-refractivity contribution in [3.05, 3.63) is 59.4 Å². The minimum Gasteiger partial charge on any atom is -0.491 e. The monoisotopic (exact) mass is 422 g/mol. The second-order valence-electron chi connectivity index (χ2n) is 7.29. The molecule has 0 unspecified atom stereocenters. The van der Waals surface area contributed by atoms with Gasteiger partial charge in [-0.3, -0.25) is 4.99 Å². The molecule has 0 spiro atoms. The van der Waals surface area contributed by atoms with Crippen molar-refractivity contribution in [2.45, 2.75) is 26.4 Å². The van der Waals surface area contributed by atoms with Gasteiger partial charge in [0, 0.05) is 17.3 Å². The molecule has 0 saturated carbocycles. The summed E-state index contributed by atoms with van der Waals surface area (Å²) < 4.78 is 8.06. The van der Waals surface area contributed by atoms with Gasteiger partial charge in [0.1, 0.15) is 23.9 Å². The van der Waals surface area contributed by atoms with Crippen molar-refractivity contribution in [2.75, 3.05) is 6.61 Å². The van der Waals surface area contributed by atoms with Gasteiger partial charge >= 0.3 is 0 Å². The highest BCUT2D eigenvalue weighted by Gasteiger charge is 2.21. The number of imidazole rings is 1. The molecule has 7 nitrogen and oxygen atoms in total. The van der Waals surface area contributed by atoms with Crippen LogP contribution in [0.5, 0.6) is 5.75 Å². The summed E-state index contributed by atoms with van der Waals surface area (Å²) in [5, 5.41) is 0.707. The number of amidine groups is 1. The Balaban J connectivity index is 1.77. The molecule has 30 heavy (non-hydrogen) atoms. The first kappa shape index (κ1) is 20.0. The quantitative estimate of drug-likeness (QED) is 0.496. The van der Waals surface area contributed by atoms with E-state index < -0.39 is 0 Å². The average Bonchev–Trinajstić information content (AvgIpc) is 3.04. The van der Waals surface area contributed by atoms with Gasteiger partial charge in [-0.05, 0) is 49.2 Å². The summed E-state index contributed by atoms with van der Waals surface area (Å²) in [6, 6.07) is 13.9. The summed E-state index contributed by atoms with van der Waals surface area (Å²) in [5.41, 5.74) is 14.8. The third-order valence-electron chi connectivity index (χ3n) is 4.61. The van der Waals surface area contributed by atoms with Crippen molar-refractivity contribution in [1.29, 1.82) is 0 Å². The van der Waals surface area contributed by atoms with Crippen molar-refractivity contribution in [1.82, 2.24) is 9.55 Å². The van der Waals surface area contributed by atoms with Crippen molar-refractivity contribution < 1.29 is 4.74 Å². The predicted octanol–water partition coefficient (Wildman–Crippen LogP) is 3.69. The van der Waals surface area contributed by atoms with Crippen LogP contribution < -0.4 is 16.2 Å². The second-order valence-corrected chi connectivity index (χ2v) is 7.73. The van der Waals surface area contributed by atoms with Crippen LogP contribution in [0.3, 0.4) is 0 Å². The third kappa shape index (κ3) is 4.16. The number of nitrogens with two attached hydrogens (primary N) is 2. The maximum atomic E-state index is 6.02. The number of fused-ring (bicyclic) bond motifs is 3. The standard InChI is InChI=1S/C22H23ClN6O/c1-13(2)26-20(28-22(24)25)18-12-29-9-10-30-19-11-15(5-8-17(19)21(29)27-18)14-3-6-16(23)7-4-14/h3-8,11-13H,9-10H2,1-2H3,(H4,24,25,26,28). The van der Waals surface area contributed by atoms with E-state index in [2.05, 4.69) is 16.1 Å². The number of benzene rings is 2. The summed E-state index contributed by atoms with van der Waals surface area (Å²) in [6.07, 6.45) is 1.91. The second kappa shape index (κ2) is 8.20. The van der Waals surface area contributed by atoms with E-state index in [1.807, 2.05) is 61.0 Å². The molecule has 8 heteroatoms. The van der Waals surface area contributed by atoms with Gasteiger partial charge in [-0.1, -0.05) is 29.8 Å². The number of ether oxygens (including phenoxy) is 1. The number of halogens is 1. The van der Waals surface area contributed by atoms with Crippen LogP contribution in [0.1, 0.15) is 19.5 Å². The Labute approximate surface area is 180 Å². The van der Waals surface area contributed by atoms with Crippen LogP contribution in [0.4, 0.5) is 0 Å². The zero-order valence-corrected chi connectivity index (χ0v) is 17.6. The lowest BCUT2D eigenvalue weighted by Crippen LogP contribution is -2.24. The normalized spacial score (nSPS) is 13.3. The zero-order chi connectivity index (χ0) is 21.3. The number of rotatable bonds is 3. The van der Waals surface area contributed by atoms with E-state index in [0.717, 1.165) is 28.3 Å². The fraction of sp³-hybridized carbons (Fsp3) is 0.227. The van der Waals surface area contributed by atoms with Crippen molar-refractivity contribution >= 4 is 23.4 Å². The largest absolute Gasteiger partial charge is 0.491 e. The highest BCUT2D eigenvalue weighted by Crippen LogP contribution is 2.36. The first-order valence-electron chi connectivity index (χ1n) is 9.69. The van der Waals surface area contributed by atoms with Crippen LogP contribution in [-0.2, 0) is 6.54 Å². The number of hydrogen-bond acceptors (Lipinski definition) is 3. The molecule has 0 radical (unpaired) electrons. The van der Waals surface area contributed by atoms with Crippen molar-refractivity contribution in [3.8, 4) is 28.3 Å². The molecule has 3 aromatic rings. The molecule has 0 aliphatic carbocycles. The molecule has 1 aliphatic rings. The zero-order valence-electron chi connectivity index (χ0n) is 16.8. The lowest BCUT2D eigenvalue weighted by Gasteiger charge is -2.09. The molecule has 2 heterocycles. The van der Waals surface area contributed by atoms with Crippen molar-refractivity contribution in [2.24, 2.45) is 21.5 Å². The Kier molecular flexibility index (Phi) is 5.46. The van der Waals surface area contributed by atoms with Gasteiger partial charge in [-0.15, -0.1) is 0 Å². The molecule has 1 aromatic heterocycles. The first-order valence-corrected chi connectivity index (χ1v) is 10.1. The molecular weight excluding hydrogens is 400 g/mol. The Hall–Kier alpha value is -3.32. The molecule has 0 saturated heterocycles. The van der Waals surface area contributed by atoms with E-state index in [4.69, 9.17) is 32.8 Å². The number of nitrogens with zero attached hydrogens (tertiary/aromatic N) is 4.